The van der Waals surface area contributed by atoms with E-state index in [0.717, 1.165) is 4.57 Å². The molecule has 1 aromatic carbocycles. The number of aryl methyl sites for hydroxylation is 1. The van der Waals surface area contributed by atoms with Crippen LogP contribution in [0.1, 0.15) is 16.1 Å². The van der Waals surface area contributed by atoms with Gasteiger partial charge in [0.15, 0.2) is 5.76 Å². The van der Waals surface area contributed by atoms with E-state index in [0.29, 0.717) is 22.0 Å². The SMILES string of the molecule is Cn1cc(C(=O)NCc2cc(-c3ccccc3Cl)no2)c(=O)[nH]c1=O. The molecule has 0 fully saturated rings. The van der Waals surface area contributed by atoms with E-state index in [1.165, 1.54) is 13.2 Å². The average molecular weight is 361 g/mol. The van der Waals surface area contributed by atoms with Gasteiger partial charge in [0.25, 0.3) is 11.5 Å². The minimum absolute atomic E-state index is 0.0264. The van der Waals surface area contributed by atoms with Crippen LogP contribution in [0.25, 0.3) is 11.3 Å². The first-order valence-electron chi connectivity index (χ1n) is 7.24. The summed E-state index contributed by atoms with van der Waals surface area (Å²) in [5, 5.41) is 6.99. The second kappa shape index (κ2) is 6.78. The van der Waals surface area contributed by atoms with Gasteiger partial charge in [-0.1, -0.05) is 35.0 Å². The summed E-state index contributed by atoms with van der Waals surface area (Å²) < 4.78 is 6.28. The Balaban J connectivity index is 1.74. The number of carbonyl (C=O) groups excluding carboxylic acids is 1. The summed E-state index contributed by atoms with van der Waals surface area (Å²) in [4.78, 5) is 37.2. The quantitative estimate of drug-likeness (QED) is 0.729. The highest BCUT2D eigenvalue weighted by atomic mass is 35.5. The lowest BCUT2D eigenvalue weighted by Gasteiger charge is -2.03. The molecule has 2 N–H and O–H groups in total. The van der Waals surface area contributed by atoms with Crippen molar-refractivity contribution in [2.75, 3.05) is 0 Å². The lowest BCUT2D eigenvalue weighted by molar-refractivity contribution is 0.0944. The molecular formula is C16H13ClN4O4. The molecule has 0 spiro atoms. The third-order valence-corrected chi connectivity index (χ3v) is 3.81. The highest BCUT2D eigenvalue weighted by Gasteiger charge is 2.14. The number of nitrogens with one attached hydrogen (secondary N) is 2. The van der Waals surface area contributed by atoms with Crippen molar-refractivity contribution in [3.05, 3.63) is 73.7 Å². The summed E-state index contributed by atoms with van der Waals surface area (Å²) >= 11 is 6.10. The maximum Gasteiger partial charge on any atom is 0.328 e. The molecule has 0 saturated carbocycles. The Morgan fingerprint density at radius 1 is 1.36 bits per heavy atom. The molecule has 25 heavy (non-hydrogen) atoms. The monoisotopic (exact) mass is 360 g/mol. The van der Waals surface area contributed by atoms with E-state index in [4.69, 9.17) is 16.1 Å². The van der Waals surface area contributed by atoms with Gasteiger partial charge in [-0.3, -0.25) is 14.6 Å². The van der Waals surface area contributed by atoms with Crippen LogP contribution in [0.2, 0.25) is 5.02 Å². The molecular weight excluding hydrogens is 348 g/mol. The van der Waals surface area contributed by atoms with Gasteiger partial charge < -0.3 is 14.4 Å². The van der Waals surface area contributed by atoms with Gasteiger partial charge in [0.2, 0.25) is 0 Å². The molecule has 3 aromatic rings. The van der Waals surface area contributed by atoms with Crippen LogP contribution in [0.5, 0.6) is 0 Å². The van der Waals surface area contributed by atoms with Crippen molar-refractivity contribution in [3.8, 4) is 11.3 Å². The van der Waals surface area contributed by atoms with E-state index in [1.54, 1.807) is 24.3 Å². The Labute approximate surface area is 146 Å². The number of H-pyrrole nitrogens is 1. The van der Waals surface area contributed by atoms with Crippen LogP contribution in [-0.2, 0) is 13.6 Å². The number of nitrogens with zero attached hydrogens (tertiary/aromatic N) is 2. The standard InChI is InChI=1S/C16H13ClN4O4/c1-21-8-11(15(23)19-16(21)24)14(22)18-7-9-6-13(20-25-9)10-4-2-3-5-12(10)17/h2-6,8H,7H2,1H3,(H,18,22)(H,19,23,24). The number of rotatable bonds is 4. The first kappa shape index (κ1) is 16.7. The predicted octanol–water partition coefficient (Wildman–Crippen LogP) is 1.31. The van der Waals surface area contributed by atoms with Gasteiger partial charge in [-0.2, -0.15) is 0 Å². The number of amides is 1. The zero-order chi connectivity index (χ0) is 18.0. The Morgan fingerprint density at radius 3 is 2.88 bits per heavy atom. The molecule has 9 heteroatoms. The van der Waals surface area contributed by atoms with E-state index in [2.05, 4.69) is 15.5 Å². The van der Waals surface area contributed by atoms with Crippen LogP contribution >= 0.6 is 11.6 Å². The molecule has 0 unspecified atom stereocenters. The summed E-state index contributed by atoms with van der Waals surface area (Å²) in [5.41, 5.74) is -0.279. The summed E-state index contributed by atoms with van der Waals surface area (Å²) in [6.45, 7) is 0.0264. The molecule has 0 aliphatic rings. The van der Waals surface area contributed by atoms with Crippen molar-refractivity contribution in [2.45, 2.75) is 6.54 Å². The maximum absolute atomic E-state index is 12.1. The van der Waals surface area contributed by atoms with Crippen molar-refractivity contribution in [1.82, 2.24) is 20.0 Å². The van der Waals surface area contributed by atoms with Gasteiger partial charge in [-0.15, -0.1) is 0 Å². The predicted molar refractivity (Wildman–Crippen MR) is 90.4 cm³/mol. The van der Waals surface area contributed by atoms with E-state index < -0.39 is 17.2 Å². The molecule has 2 aromatic heterocycles. The topological polar surface area (TPSA) is 110 Å². The van der Waals surface area contributed by atoms with E-state index in [1.807, 2.05) is 6.07 Å². The van der Waals surface area contributed by atoms with Gasteiger partial charge in [-0.05, 0) is 6.07 Å². The molecule has 1 amide bonds. The number of hydrogen-bond acceptors (Lipinski definition) is 5. The van der Waals surface area contributed by atoms with Crippen LogP contribution < -0.4 is 16.6 Å². The molecule has 0 bridgehead atoms. The molecule has 0 saturated heterocycles. The van der Waals surface area contributed by atoms with Crippen LogP contribution in [-0.4, -0.2) is 20.6 Å². The molecule has 0 atom stereocenters. The smallest absolute Gasteiger partial charge is 0.328 e. The van der Waals surface area contributed by atoms with Gasteiger partial charge in [0.05, 0.1) is 11.6 Å². The minimum atomic E-state index is -0.755. The van der Waals surface area contributed by atoms with Gasteiger partial charge in [0, 0.05) is 24.9 Å². The molecule has 0 aliphatic heterocycles. The fourth-order valence-corrected chi connectivity index (χ4v) is 2.41. The molecule has 128 valence electrons. The number of halogens is 1. The Hall–Kier alpha value is -3.13. The van der Waals surface area contributed by atoms with Gasteiger partial charge in [-0.25, -0.2) is 4.79 Å². The van der Waals surface area contributed by atoms with Crippen molar-refractivity contribution >= 4 is 17.5 Å². The molecule has 8 nitrogen and oxygen atoms in total. The highest BCUT2D eigenvalue weighted by Crippen LogP contribution is 2.26. The number of carbonyl (C=O) groups is 1. The Morgan fingerprint density at radius 2 is 2.12 bits per heavy atom. The lowest BCUT2D eigenvalue weighted by atomic mass is 10.1. The van der Waals surface area contributed by atoms with Crippen LogP contribution in [0.3, 0.4) is 0 Å². The summed E-state index contributed by atoms with van der Waals surface area (Å²) in [6, 6.07) is 8.80. The maximum atomic E-state index is 12.1. The second-order valence-electron chi connectivity index (χ2n) is 5.25. The highest BCUT2D eigenvalue weighted by molar-refractivity contribution is 6.33. The molecule has 2 heterocycles. The number of aromatic nitrogens is 3. The van der Waals surface area contributed by atoms with Crippen molar-refractivity contribution < 1.29 is 9.32 Å². The Bertz CT molecular complexity index is 1050. The van der Waals surface area contributed by atoms with E-state index >= 15 is 0 Å². The fraction of sp³-hybridized carbons (Fsp3) is 0.125. The number of benzene rings is 1. The molecule has 3 rings (SSSR count). The average Bonchev–Trinajstić information content (AvgIpc) is 3.05. The molecule has 0 aliphatic carbocycles. The zero-order valence-corrected chi connectivity index (χ0v) is 13.8. The third kappa shape index (κ3) is 3.53. The first-order valence-corrected chi connectivity index (χ1v) is 7.62. The fourth-order valence-electron chi connectivity index (χ4n) is 2.18. The lowest BCUT2D eigenvalue weighted by Crippen LogP contribution is -2.35. The van der Waals surface area contributed by atoms with Crippen molar-refractivity contribution in [1.29, 1.82) is 0 Å². The number of aromatic amines is 1. The van der Waals surface area contributed by atoms with E-state index in [9.17, 15) is 14.4 Å². The van der Waals surface area contributed by atoms with Crippen LogP contribution in [0, 0.1) is 0 Å². The zero-order valence-electron chi connectivity index (χ0n) is 13.1. The van der Waals surface area contributed by atoms with Crippen molar-refractivity contribution in [3.63, 3.8) is 0 Å². The van der Waals surface area contributed by atoms with Crippen molar-refractivity contribution in [2.24, 2.45) is 7.05 Å². The van der Waals surface area contributed by atoms with Gasteiger partial charge >= 0.3 is 5.69 Å². The third-order valence-electron chi connectivity index (χ3n) is 3.48. The minimum Gasteiger partial charge on any atom is -0.359 e. The summed E-state index contributed by atoms with van der Waals surface area (Å²) in [6.07, 6.45) is 1.17. The molecule has 0 radical (unpaired) electrons. The Kier molecular flexibility index (Phi) is 4.53. The summed E-state index contributed by atoms with van der Waals surface area (Å²) in [5.74, 6) is -0.239. The van der Waals surface area contributed by atoms with E-state index in [-0.39, 0.29) is 12.1 Å². The van der Waals surface area contributed by atoms with Crippen LogP contribution in [0.15, 0.2) is 50.6 Å². The largest absolute Gasteiger partial charge is 0.359 e. The first-order chi connectivity index (χ1) is 12.0. The van der Waals surface area contributed by atoms with Crippen LogP contribution in [0.4, 0.5) is 0 Å². The number of hydrogen-bond donors (Lipinski definition) is 2. The normalized spacial score (nSPS) is 10.6. The second-order valence-corrected chi connectivity index (χ2v) is 5.66. The summed E-state index contributed by atoms with van der Waals surface area (Å²) in [7, 11) is 1.43. The van der Waals surface area contributed by atoms with Gasteiger partial charge in [0.1, 0.15) is 11.3 Å².